The number of nitrogens with zero attached hydrogens (tertiary/aromatic N) is 3. The zero-order chi connectivity index (χ0) is 15.2. The molecule has 1 aliphatic carbocycles. The highest BCUT2D eigenvalue weighted by Crippen LogP contribution is 2.41. The van der Waals surface area contributed by atoms with Gasteiger partial charge in [0.05, 0.1) is 17.3 Å². The van der Waals surface area contributed by atoms with E-state index in [1.54, 1.807) is 24.1 Å². The quantitative estimate of drug-likeness (QED) is 0.587. The highest BCUT2D eigenvalue weighted by Gasteiger charge is 2.44. The Morgan fingerprint density at radius 1 is 1.33 bits per heavy atom. The first-order valence-corrected chi connectivity index (χ1v) is 6.54. The third-order valence-electron chi connectivity index (χ3n) is 3.87. The summed E-state index contributed by atoms with van der Waals surface area (Å²) in [6, 6.07) is 2.87. The Hall–Kier alpha value is -1.92. The van der Waals surface area contributed by atoms with Crippen molar-refractivity contribution in [2.75, 3.05) is 7.05 Å². The number of aliphatic imine (C=N–C) groups is 1. The van der Waals surface area contributed by atoms with Crippen LogP contribution in [0.5, 0.6) is 0 Å². The Kier molecular flexibility index (Phi) is 3.22. The third kappa shape index (κ3) is 2.52. The second-order valence-electron chi connectivity index (χ2n) is 5.24. The lowest BCUT2D eigenvalue weighted by atomic mass is 9.90. The summed E-state index contributed by atoms with van der Waals surface area (Å²) in [7, 11) is 1.75. The molecule has 0 spiro atoms. The first-order chi connectivity index (χ1) is 9.86. The van der Waals surface area contributed by atoms with E-state index in [9.17, 15) is 17.6 Å². The number of halogens is 4. The molecule has 0 aromatic carbocycles. The van der Waals surface area contributed by atoms with Crippen molar-refractivity contribution in [2.45, 2.75) is 25.2 Å². The number of alkyl halides is 3. The van der Waals surface area contributed by atoms with Gasteiger partial charge >= 0.3 is 6.18 Å². The van der Waals surface area contributed by atoms with Crippen LogP contribution in [0.15, 0.2) is 35.1 Å². The van der Waals surface area contributed by atoms with E-state index in [4.69, 9.17) is 0 Å². The fraction of sp³-hybridized carbons (Fsp3) is 0.429. The fourth-order valence-electron chi connectivity index (χ4n) is 2.75. The van der Waals surface area contributed by atoms with Crippen molar-refractivity contribution in [3.05, 3.63) is 41.6 Å². The van der Waals surface area contributed by atoms with Crippen LogP contribution in [0.4, 0.5) is 17.6 Å². The minimum Gasteiger partial charge on any atom is -0.348 e. The van der Waals surface area contributed by atoms with Gasteiger partial charge in [-0.05, 0) is 12.5 Å². The van der Waals surface area contributed by atoms with Crippen LogP contribution in [-0.4, -0.2) is 28.8 Å². The molecule has 3 rings (SSSR count). The minimum absolute atomic E-state index is 0.0420. The Balaban J connectivity index is 1.91. The monoisotopic (exact) mass is 299 g/mol. The van der Waals surface area contributed by atoms with E-state index in [-0.39, 0.29) is 12.8 Å². The van der Waals surface area contributed by atoms with E-state index in [1.807, 2.05) is 0 Å². The van der Waals surface area contributed by atoms with Crippen LogP contribution in [-0.2, 0) is 0 Å². The lowest BCUT2D eigenvalue weighted by Gasteiger charge is -2.27. The molecule has 2 aliphatic rings. The van der Waals surface area contributed by atoms with Crippen molar-refractivity contribution in [1.29, 1.82) is 0 Å². The normalized spacial score (nSPS) is 25.5. The van der Waals surface area contributed by atoms with E-state index in [2.05, 4.69) is 9.98 Å². The second-order valence-corrected chi connectivity index (χ2v) is 5.24. The average Bonchev–Trinajstić information content (AvgIpc) is 2.75. The number of rotatable bonds is 1. The van der Waals surface area contributed by atoms with E-state index < -0.39 is 24.2 Å². The largest absolute Gasteiger partial charge is 0.392 e. The van der Waals surface area contributed by atoms with Gasteiger partial charge in [-0.15, -0.1) is 0 Å². The zero-order valence-corrected chi connectivity index (χ0v) is 11.2. The lowest BCUT2D eigenvalue weighted by Crippen LogP contribution is -2.30. The van der Waals surface area contributed by atoms with Gasteiger partial charge in [0.2, 0.25) is 5.95 Å². The minimum atomic E-state index is -4.22. The van der Waals surface area contributed by atoms with Crippen LogP contribution in [0.25, 0.3) is 0 Å². The molecule has 7 heteroatoms. The molecule has 3 nitrogen and oxygen atoms in total. The van der Waals surface area contributed by atoms with Crippen LogP contribution in [0.1, 0.15) is 24.6 Å². The standard InChI is InChI=1S/C14H13F4N3/c1-21-11-3-2-9(14(16,17)18)7-10(11)20-13(21)8-4-5-19-12(15)6-8/h3-6,9,13H,2,7H2,1H3. The molecular formula is C14H13F4N3. The Morgan fingerprint density at radius 2 is 2.10 bits per heavy atom. The molecule has 0 bridgehead atoms. The highest BCUT2D eigenvalue weighted by molar-refractivity contribution is 6.02. The summed E-state index contributed by atoms with van der Waals surface area (Å²) in [4.78, 5) is 9.59. The smallest absolute Gasteiger partial charge is 0.348 e. The predicted octanol–water partition coefficient (Wildman–Crippen LogP) is 3.46. The molecule has 0 fully saturated rings. The number of allylic oxidation sites excluding steroid dienone is 2. The van der Waals surface area contributed by atoms with Crippen LogP contribution in [0, 0.1) is 11.9 Å². The van der Waals surface area contributed by atoms with Crippen LogP contribution in [0.3, 0.4) is 0 Å². The summed E-state index contributed by atoms with van der Waals surface area (Å²) in [5.41, 5.74) is 1.72. The third-order valence-corrected chi connectivity index (χ3v) is 3.87. The molecule has 1 aliphatic heterocycles. The van der Waals surface area contributed by atoms with Gasteiger partial charge in [-0.3, -0.25) is 4.99 Å². The maximum atomic E-state index is 13.2. The molecule has 0 N–H and O–H groups in total. The average molecular weight is 299 g/mol. The van der Waals surface area contributed by atoms with Crippen LogP contribution < -0.4 is 0 Å². The maximum absolute atomic E-state index is 13.2. The van der Waals surface area contributed by atoms with Crippen molar-refractivity contribution < 1.29 is 17.6 Å². The lowest BCUT2D eigenvalue weighted by molar-refractivity contribution is -0.172. The van der Waals surface area contributed by atoms with Crippen LogP contribution in [0.2, 0.25) is 0 Å². The molecule has 0 amide bonds. The van der Waals surface area contributed by atoms with Gasteiger partial charge < -0.3 is 4.90 Å². The van der Waals surface area contributed by atoms with Gasteiger partial charge in [-0.2, -0.15) is 17.6 Å². The highest BCUT2D eigenvalue weighted by atomic mass is 19.4. The number of fused-ring (bicyclic) bond motifs is 1. The van der Waals surface area contributed by atoms with Crippen molar-refractivity contribution >= 4 is 5.71 Å². The Bertz CT molecular complexity index is 621. The molecule has 1 aromatic heterocycles. The molecule has 2 atom stereocenters. The number of pyridine rings is 1. The van der Waals surface area contributed by atoms with Crippen LogP contribution >= 0.6 is 0 Å². The fourth-order valence-corrected chi connectivity index (χ4v) is 2.75. The molecule has 2 heterocycles. The van der Waals surface area contributed by atoms with Gasteiger partial charge in [0.25, 0.3) is 0 Å². The first-order valence-electron chi connectivity index (χ1n) is 6.54. The predicted molar refractivity (Wildman–Crippen MR) is 69.0 cm³/mol. The summed E-state index contributed by atoms with van der Waals surface area (Å²) in [6.45, 7) is 0. The summed E-state index contributed by atoms with van der Waals surface area (Å²) >= 11 is 0. The van der Waals surface area contributed by atoms with E-state index >= 15 is 0 Å². The van der Waals surface area contributed by atoms with Gasteiger partial charge in [0, 0.05) is 31.3 Å². The van der Waals surface area contributed by atoms with Crippen molar-refractivity contribution in [2.24, 2.45) is 10.9 Å². The molecule has 1 aromatic rings. The molecule has 0 saturated heterocycles. The summed E-state index contributed by atoms with van der Waals surface area (Å²) < 4.78 is 51.6. The van der Waals surface area contributed by atoms with Gasteiger partial charge in [0.1, 0.15) is 6.17 Å². The zero-order valence-electron chi connectivity index (χ0n) is 11.2. The number of aromatic nitrogens is 1. The van der Waals surface area contributed by atoms with Crippen molar-refractivity contribution in [3.8, 4) is 0 Å². The second kappa shape index (κ2) is 4.82. The van der Waals surface area contributed by atoms with Gasteiger partial charge in [-0.25, -0.2) is 4.98 Å². The molecule has 2 unspecified atom stereocenters. The van der Waals surface area contributed by atoms with E-state index in [1.165, 1.54) is 12.3 Å². The summed E-state index contributed by atoms with van der Waals surface area (Å²) in [5.74, 6) is -2.01. The number of hydrogen-bond acceptors (Lipinski definition) is 3. The Morgan fingerprint density at radius 3 is 2.76 bits per heavy atom. The molecular weight excluding hydrogens is 286 g/mol. The van der Waals surface area contributed by atoms with Gasteiger partial charge in [0.15, 0.2) is 0 Å². The van der Waals surface area contributed by atoms with E-state index in [0.717, 1.165) is 0 Å². The summed E-state index contributed by atoms with van der Waals surface area (Å²) in [6.07, 6.45) is -1.98. The molecule has 21 heavy (non-hydrogen) atoms. The van der Waals surface area contributed by atoms with Crippen molar-refractivity contribution in [1.82, 2.24) is 9.88 Å². The topological polar surface area (TPSA) is 28.5 Å². The molecule has 0 saturated carbocycles. The first kappa shape index (κ1) is 14.0. The number of hydrogen-bond donors (Lipinski definition) is 0. The SMILES string of the molecule is CN1C2=CCC(C(F)(F)F)CC2=NC1c1ccnc(F)c1. The molecule has 112 valence electrons. The Labute approximate surface area is 119 Å². The van der Waals surface area contributed by atoms with E-state index in [0.29, 0.717) is 17.0 Å². The van der Waals surface area contributed by atoms with Crippen molar-refractivity contribution in [3.63, 3.8) is 0 Å². The van der Waals surface area contributed by atoms with Gasteiger partial charge in [-0.1, -0.05) is 6.08 Å². The maximum Gasteiger partial charge on any atom is 0.392 e. The molecule has 0 radical (unpaired) electrons. The summed E-state index contributed by atoms with van der Waals surface area (Å²) in [5, 5.41) is 0.